The average molecular weight is 290 g/mol. The summed E-state index contributed by atoms with van der Waals surface area (Å²) in [6, 6.07) is 9.69. The number of rotatable bonds is 6. The van der Waals surface area contributed by atoms with Gasteiger partial charge >= 0.3 is 12.0 Å². The Bertz CT molecular complexity index is 518. The Kier molecular flexibility index (Phi) is 4.50. The molecule has 2 rings (SSSR count). The van der Waals surface area contributed by atoms with Gasteiger partial charge in [0.2, 0.25) is 0 Å². The largest absolute Gasteiger partial charge is 0.480 e. The van der Waals surface area contributed by atoms with Gasteiger partial charge in [0.25, 0.3) is 0 Å². The van der Waals surface area contributed by atoms with E-state index in [1.54, 1.807) is 6.92 Å². The van der Waals surface area contributed by atoms with Crippen molar-refractivity contribution in [3.8, 4) is 0 Å². The van der Waals surface area contributed by atoms with Crippen LogP contribution in [0.4, 0.5) is 4.79 Å². The fraction of sp³-hybridized carbons (Fsp3) is 0.500. The Labute approximate surface area is 124 Å². The maximum absolute atomic E-state index is 12.0. The van der Waals surface area contributed by atoms with E-state index in [-0.39, 0.29) is 6.04 Å². The van der Waals surface area contributed by atoms with Crippen LogP contribution in [-0.4, -0.2) is 28.7 Å². The van der Waals surface area contributed by atoms with Crippen LogP contribution in [0.1, 0.15) is 44.6 Å². The van der Waals surface area contributed by atoms with E-state index < -0.39 is 17.5 Å². The third-order valence-corrected chi connectivity index (χ3v) is 3.95. The Balaban J connectivity index is 1.87. The van der Waals surface area contributed by atoms with Gasteiger partial charge < -0.3 is 15.7 Å². The Morgan fingerprint density at radius 1 is 1.33 bits per heavy atom. The van der Waals surface area contributed by atoms with Gasteiger partial charge in [0.1, 0.15) is 5.54 Å². The van der Waals surface area contributed by atoms with E-state index in [1.165, 1.54) is 5.56 Å². The monoisotopic (exact) mass is 290 g/mol. The predicted molar refractivity (Wildman–Crippen MR) is 80.2 cm³/mol. The number of carboxylic acid groups (broad SMARTS) is 1. The van der Waals surface area contributed by atoms with E-state index in [0.717, 1.165) is 6.42 Å². The minimum Gasteiger partial charge on any atom is -0.480 e. The van der Waals surface area contributed by atoms with Gasteiger partial charge in [-0.2, -0.15) is 0 Å². The highest BCUT2D eigenvalue weighted by Gasteiger charge is 2.41. The highest BCUT2D eigenvalue weighted by atomic mass is 16.4. The van der Waals surface area contributed by atoms with Crippen LogP contribution in [0.2, 0.25) is 0 Å². The van der Waals surface area contributed by atoms with Crippen molar-refractivity contribution < 1.29 is 14.7 Å². The predicted octanol–water partition coefficient (Wildman–Crippen LogP) is 2.49. The molecule has 0 radical (unpaired) electrons. The molecule has 1 saturated carbocycles. The van der Waals surface area contributed by atoms with Gasteiger partial charge in [0, 0.05) is 12.0 Å². The van der Waals surface area contributed by atoms with Gasteiger partial charge in [0.05, 0.1) is 0 Å². The summed E-state index contributed by atoms with van der Waals surface area (Å²) in [5.41, 5.74) is -0.00645. The van der Waals surface area contributed by atoms with Crippen LogP contribution in [0.15, 0.2) is 30.3 Å². The molecule has 1 aromatic carbocycles. The number of amides is 2. The van der Waals surface area contributed by atoms with Crippen LogP contribution in [0.5, 0.6) is 0 Å². The summed E-state index contributed by atoms with van der Waals surface area (Å²) in [4.78, 5) is 23.3. The molecule has 5 heteroatoms. The Morgan fingerprint density at radius 2 is 2.00 bits per heavy atom. The molecule has 1 aliphatic rings. The van der Waals surface area contributed by atoms with Crippen molar-refractivity contribution in [2.24, 2.45) is 0 Å². The zero-order valence-corrected chi connectivity index (χ0v) is 12.4. The minimum atomic E-state index is -1.21. The quantitative estimate of drug-likeness (QED) is 0.753. The summed E-state index contributed by atoms with van der Waals surface area (Å²) >= 11 is 0. The number of benzene rings is 1. The molecule has 0 spiro atoms. The zero-order valence-electron chi connectivity index (χ0n) is 12.4. The molecule has 5 nitrogen and oxygen atoms in total. The van der Waals surface area contributed by atoms with Gasteiger partial charge in [-0.3, -0.25) is 0 Å². The number of aliphatic carboxylic acids is 1. The highest BCUT2D eigenvalue weighted by molar-refractivity contribution is 5.86. The first-order valence-electron chi connectivity index (χ1n) is 7.33. The normalized spacial score (nSPS) is 23.0. The topological polar surface area (TPSA) is 78.4 Å². The highest BCUT2D eigenvalue weighted by Crippen LogP contribution is 2.40. The summed E-state index contributed by atoms with van der Waals surface area (Å²) in [6.45, 7) is 3.44. The number of hydrogen-bond donors (Lipinski definition) is 3. The van der Waals surface area contributed by atoms with E-state index in [1.807, 2.05) is 37.3 Å². The molecule has 21 heavy (non-hydrogen) atoms. The second-order valence-corrected chi connectivity index (χ2v) is 5.85. The number of carbonyl (C=O) groups excluding carboxylic acids is 1. The molecule has 1 fully saturated rings. The molecule has 1 aromatic rings. The average Bonchev–Trinajstić information content (AvgIpc) is 3.18. The molecule has 0 bridgehead atoms. The molecule has 0 aliphatic heterocycles. The van der Waals surface area contributed by atoms with Crippen molar-refractivity contribution in [3.05, 3.63) is 35.9 Å². The van der Waals surface area contributed by atoms with Gasteiger partial charge in [0.15, 0.2) is 0 Å². The fourth-order valence-electron chi connectivity index (χ4n) is 2.60. The fourth-order valence-corrected chi connectivity index (χ4v) is 2.60. The Hall–Kier alpha value is -2.04. The molecule has 2 amide bonds. The number of urea groups is 1. The lowest BCUT2D eigenvalue weighted by atomic mass is 9.97. The number of nitrogens with one attached hydrogen (secondary N) is 2. The van der Waals surface area contributed by atoms with E-state index in [2.05, 4.69) is 10.6 Å². The lowest BCUT2D eigenvalue weighted by molar-refractivity contribution is -0.144. The summed E-state index contributed by atoms with van der Waals surface area (Å²) in [6.07, 6.45) is 2.00. The summed E-state index contributed by atoms with van der Waals surface area (Å²) < 4.78 is 0. The standard InChI is InChI=1S/C16H22N2O3/c1-3-9-16(2,14(19)20)18-15(21)17-13-10-12(13)11-7-5-4-6-8-11/h4-8,12-13H,3,9-10H2,1-2H3,(H,19,20)(H2,17,18,21). The molecular weight excluding hydrogens is 268 g/mol. The first-order chi connectivity index (χ1) is 9.96. The van der Waals surface area contributed by atoms with Crippen molar-refractivity contribution in [3.63, 3.8) is 0 Å². The van der Waals surface area contributed by atoms with Gasteiger partial charge in [-0.15, -0.1) is 0 Å². The second kappa shape index (κ2) is 6.16. The van der Waals surface area contributed by atoms with E-state index in [9.17, 15) is 14.7 Å². The van der Waals surface area contributed by atoms with Crippen LogP contribution < -0.4 is 10.6 Å². The van der Waals surface area contributed by atoms with E-state index >= 15 is 0 Å². The molecule has 0 heterocycles. The van der Waals surface area contributed by atoms with E-state index in [4.69, 9.17) is 0 Å². The maximum Gasteiger partial charge on any atom is 0.329 e. The number of carboxylic acids is 1. The van der Waals surface area contributed by atoms with Crippen LogP contribution in [0.3, 0.4) is 0 Å². The van der Waals surface area contributed by atoms with Crippen molar-refractivity contribution >= 4 is 12.0 Å². The summed E-state index contributed by atoms with van der Waals surface area (Å²) in [7, 11) is 0. The Morgan fingerprint density at radius 3 is 2.57 bits per heavy atom. The number of carbonyl (C=O) groups is 2. The van der Waals surface area contributed by atoms with Gasteiger partial charge in [-0.25, -0.2) is 9.59 Å². The lowest BCUT2D eigenvalue weighted by Gasteiger charge is -2.25. The third-order valence-electron chi connectivity index (χ3n) is 3.95. The molecule has 0 saturated heterocycles. The van der Waals surface area contributed by atoms with Crippen molar-refractivity contribution in [2.45, 2.75) is 50.6 Å². The minimum absolute atomic E-state index is 0.0899. The lowest BCUT2D eigenvalue weighted by Crippen LogP contribution is -2.55. The number of hydrogen-bond acceptors (Lipinski definition) is 2. The van der Waals surface area contributed by atoms with Crippen LogP contribution in [0.25, 0.3) is 0 Å². The molecule has 1 aliphatic carbocycles. The maximum atomic E-state index is 12.0. The van der Waals surface area contributed by atoms with Gasteiger partial charge in [-0.1, -0.05) is 43.7 Å². The third kappa shape index (κ3) is 3.74. The molecule has 0 aromatic heterocycles. The molecule has 3 N–H and O–H groups in total. The smallest absolute Gasteiger partial charge is 0.329 e. The summed E-state index contributed by atoms with van der Waals surface area (Å²) in [5, 5.41) is 14.7. The molecular formula is C16H22N2O3. The van der Waals surface area contributed by atoms with Crippen LogP contribution in [-0.2, 0) is 4.79 Å². The molecule has 114 valence electrons. The van der Waals surface area contributed by atoms with Crippen LogP contribution >= 0.6 is 0 Å². The van der Waals surface area contributed by atoms with Crippen molar-refractivity contribution in [2.75, 3.05) is 0 Å². The van der Waals surface area contributed by atoms with Crippen molar-refractivity contribution in [1.82, 2.24) is 10.6 Å². The molecule has 3 atom stereocenters. The first-order valence-corrected chi connectivity index (χ1v) is 7.33. The second-order valence-electron chi connectivity index (χ2n) is 5.85. The van der Waals surface area contributed by atoms with Crippen molar-refractivity contribution in [1.29, 1.82) is 0 Å². The summed E-state index contributed by atoms with van der Waals surface area (Å²) in [5.74, 6) is -0.672. The zero-order chi connectivity index (χ0) is 15.5. The van der Waals surface area contributed by atoms with Crippen LogP contribution in [0, 0.1) is 0 Å². The first kappa shape index (κ1) is 15.4. The van der Waals surface area contributed by atoms with E-state index in [0.29, 0.717) is 18.8 Å². The van der Waals surface area contributed by atoms with Gasteiger partial charge in [-0.05, 0) is 25.3 Å². The SMILES string of the molecule is CCCC(C)(NC(=O)NC1CC1c1ccccc1)C(=O)O. The molecule has 3 unspecified atom stereocenters.